The van der Waals surface area contributed by atoms with Crippen molar-refractivity contribution >= 4 is 21.9 Å². The summed E-state index contributed by atoms with van der Waals surface area (Å²) in [7, 11) is 1.34. The van der Waals surface area contributed by atoms with E-state index < -0.39 is 17.6 Å². The van der Waals surface area contributed by atoms with Crippen LogP contribution >= 0.6 is 15.9 Å². The van der Waals surface area contributed by atoms with Gasteiger partial charge in [0, 0.05) is 5.56 Å². The van der Waals surface area contributed by atoms with Gasteiger partial charge < -0.3 is 9.84 Å². The molecule has 20 heavy (non-hydrogen) atoms. The first-order valence-corrected chi connectivity index (χ1v) is 6.30. The summed E-state index contributed by atoms with van der Waals surface area (Å²) in [4.78, 5) is 11.0. The number of methoxy groups -OCH3 is 1. The Labute approximate surface area is 121 Å². The summed E-state index contributed by atoms with van der Waals surface area (Å²) in [5.74, 6) is -2.62. The van der Waals surface area contributed by atoms with Crippen molar-refractivity contribution in [1.29, 1.82) is 0 Å². The first kappa shape index (κ1) is 14.5. The Morgan fingerprint density at radius 3 is 2.55 bits per heavy atom. The Bertz CT molecular complexity index is 686. The van der Waals surface area contributed by atoms with Gasteiger partial charge in [0.2, 0.25) is 0 Å². The molecule has 2 aromatic carbocycles. The fourth-order valence-corrected chi connectivity index (χ4v) is 2.14. The number of hydrogen-bond acceptors (Lipinski definition) is 2. The third-order valence-electron chi connectivity index (χ3n) is 2.76. The topological polar surface area (TPSA) is 46.5 Å². The number of aromatic carboxylic acids is 1. The molecule has 0 saturated carbocycles. The van der Waals surface area contributed by atoms with Crippen molar-refractivity contribution in [2.45, 2.75) is 0 Å². The van der Waals surface area contributed by atoms with Gasteiger partial charge in [-0.25, -0.2) is 13.6 Å². The molecule has 0 amide bonds. The van der Waals surface area contributed by atoms with Crippen molar-refractivity contribution < 1.29 is 23.4 Å². The fourth-order valence-electron chi connectivity index (χ4n) is 1.81. The highest BCUT2D eigenvalue weighted by molar-refractivity contribution is 9.10. The smallest absolute Gasteiger partial charge is 0.335 e. The molecule has 0 spiro atoms. The maximum absolute atomic E-state index is 14.1. The first-order valence-electron chi connectivity index (χ1n) is 5.51. The second-order valence-corrected chi connectivity index (χ2v) is 4.79. The van der Waals surface area contributed by atoms with E-state index in [4.69, 9.17) is 9.84 Å². The molecular formula is C14H9BrF2O3. The van der Waals surface area contributed by atoms with Crippen LogP contribution in [0, 0.1) is 11.6 Å². The van der Waals surface area contributed by atoms with Gasteiger partial charge in [0.1, 0.15) is 17.4 Å². The van der Waals surface area contributed by atoms with Crippen LogP contribution in [0.4, 0.5) is 8.78 Å². The standard InChI is InChI=1S/C14H9BrF2O3/c1-20-11-5-2-7(14(18)19)6-8(11)12-10(16)4-3-9(15)13(12)17/h2-6H,1H3,(H,18,19). The molecule has 0 unspecified atom stereocenters. The van der Waals surface area contributed by atoms with E-state index in [-0.39, 0.29) is 26.9 Å². The molecule has 3 nitrogen and oxygen atoms in total. The molecule has 6 heteroatoms. The largest absolute Gasteiger partial charge is 0.496 e. The van der Waals surface area contributed by atoms with Crippen molar-refractivity contribution in [3.05, 3.63) is 52.0 Å². The molecule has 104 valence electrons. The number of benzene rings is 2. The number of carbonyl (C=O) groups is 1. The maximum atomic E-state index is 14.1. The second-order valence-electron chi connectivity index (χ2n) is 3.94. The number of carboxylic acid groups (broad SMARTS) is 1. The highest BCUT2D eigenvalue weighted by atomic mass is 79.9. The second kappa shape index (κ2) is 5.58. The van der Waals surface area contributed by atoms with Gasteiger partial charge in [-0.2, -0.15) is 0 Å². The Morgan fingerprint density at radius 2 is 1.95 bits per heavy atom. The SMILES string of the molecule is COc1ccc(C(=O)O)cc1-c1c(F)ccc(Br)c1F. The average molecular weight is 343 g/mol. The van der Waals surface area contributed by atoms with Gasteiger partial charge in [-0.15, -0.1) is 0 Å². The van der Waals surface area contributed by atoms with E-state index in [2.05, 4.69) is 15.9 Å². The van der Waals surface area contributed by atoms with E-state index in [0.29, 0.717) is 0 Å². The number of halogens is 3. The van der Waals surface area contributed by atoms with Crippen LogP contribution in [0.5, 0.6) is 5.75 Å². The summed E-state index contributed by atoms with van der Waals surface area (Å²) < 4.78 is 33.1. The lowest BCUT2D eigenvalue weighted by Crippen LogP contribution is -2.00. The first-order chi connectivity index (χ1) is 9.45. The lowest BCUT2D eigenvalue weighted by Gasteiger charge is -2.12. The zero-order chi connectivity index (χ0) is 14.9. The highest BCUT2D eigenvalue weighted by Gasteiger charge is 2.19. The number of hydrogen-bond donors (Lipinski definition) is 1. The average Bonchev–Trinajstić information content (AvgIpc) is 2.43. The van der Waals surface area contributed by atoms with Crippen LogP contribution in [0.2, 0.25) is 0 Å². The Kier molecular flexibility index (Phi) is 4.04. The third kappa shape index (κ3) is 2.51. The molecular weight excluding hydrogens is 334 g/mol. The Morgan fingerprint density at radius 1 is 1.25 bits per heavy atom. The monoisotopic (exact) mass is 342 g/mol. The lowest BCUT2D eigenvalue weighted by molar-refractivity contribution is 0.0697. The third-order valence-corrected chi connectivity index (χ3v) is 3.37. The molecule has 0 atom stereocenters. The normalized spacial score (nSPS) is 10.4. The van der Waals surface area contributed by atoms with Crippen LogP contribution in [0.1, 0.15) is 10.4 Å². The zero-order valence-electron chi connectivity index (χ0n) is 10.3. The van der Waals surface area contributed by atoms with E-state index in [1.54, 1.807) is 0 Å². The van der Waals surface area contributed by atoms with Crippen LogP contribution in [0.25, 0.3) is 11.1 Å². The number of rotatable bonds is 3. The van der Waals surface area contributed by atoms with E-state index in [1.807, 2.05) is 0 Å². The molecule has 0 bridgehead atoms. The van der Waals surface area contributed by atoms with Crippen molar-refractivity contribution in [1.82, 2.24) is 0 Å². The summed E-state index contributed by atoms with van der Waals surface area (Å²) in [5, 5.41) is 8.98. The predicted molar refractivity (Wildman–Crippen MR) is 73.0 cm³/mol. The predicted octanol–water partition coefficient (Wildman–Crippen LogP) is 4.10. The van der Waals surface area contributed by atoms with Gasteiger partial charge in [0.15, 0.2) is 0 Å². The van der Waals surface area contributed by atoms with Gasteiger partial charge in [-0.1, -0.05) is 0 Å². The van der Waals surface area contributed by atoms with E-state index in [0.717, 1.165) is 6.07 Å². The molecule has 0 aliphatic heterocycles. The minimum absolute atomic E-state index is 0.0451. The molecule has 0 fully saturated rings. The molecule has 0 aromatic heterocycles. The van der Waals surface area contributed by atoms with Crippen LogP contribution in [0.3, 0.4) is 0 Å². The number of ether oxygens (including phenoxy) is 1. The van der Waals surface area contributed by atoms with Gasteiger partial charge in [0.25, 0.3) is 0 Å². The van der Waals surface area contributed by atoms with Gasteiger partial charge >= 0.3 is 5.97 Å². The minimum atomic E-state index is -1.19. The molecule has 0 saturated heterocycles. The molecule has 2 aromatic rings. The summed E-state index contributed by atoms with van der Waals surface area (Å²) in [6.07, 6.45) is 0. The van der Waals surface area contributed by atoms with Gasteiger partial charge in [-0.05, 0) is 46.3 Å². The van der Waals surface area contributed by atoms with Crippen molar-refractivity contribution in [3.63, 3.8) is 0 Å². The fraction of sp³-hybridized carbons (Fsp3) is 0.0714. The van der Waals surface area contributed by atoms with Gasteiger partial charge in [-0.3, -0.25) is 0 Å². The number of carboxylic acids is 1. The molecule has 2 rings (SSSR count). The van der Waals surface area contributed by atoms with Crippen LogP contribution in [-0.2, 0) is 0 Å². The summed E-state index contributed by atoms with van der Waals surface area (Å²) >= 11 is 2.97. The van der Waals surface area contributed by atoms with Crippen LogP contribution < -0.4 is 4.74 Å². The summed E-state index contributed by atoms with van der Waals surface area (Å²) in [5.41, 5.74) is -0.373. The Hall–Kier alpha value is -1.95. The Balaban J connectivity index is 2.77. The molecule has 0 radical (unpaired) electrons. The van der Waals surface area contributed by atoms with Crippen molar-refractivity contribution in [2.75, 3.05) is 7.11 Å². The van der Waals surface area contributed by atoms with Crippen LogP contribution in [-0.4, -0.2) is 18.2 Å². The molecule has 0 aliphatic rings. The van der Waals surface area contributed by atoms with Crippen LogP contribution in [0.15, 0.2) is 34.8 Å². The quantitative estimate of drug-likeness (QED) is 0.854. The lowest BCUT2D eigenvalue weighted by atomic mass is 10.0. The molecule has 0 aliphatic carbocycles. The van der Waals surface area contributed by atoms with Gasteiger partial charge in [0.05, 0.1) is 22.7 Å². The van der Waals surface area contributed by atoms with Crippen molar-refractivity contribution in [3.8, 4) is 16.9 Å². The van der Waals surface area contributed by atoms with E-state index in [1.165, 1.54) is 31.4 Å². The van der Waals surface area contributed by atoms with Crippen molar-refractivity contribution in [2.24, 2.45) is 0 Å². The molecule has 0 heterocycles. The molecule has 1 N–H and O–H groups in total. The maximum Gasteiger partial charge on any atom is 0.335 e. The van der Waals surface area contributed by atoms with E-state index >= 15 is 0 Å². The highest BCUT2D eigenvalue weighted by Crippen LogP contribution is 2.36. The summed E-state index contributed by atoms with van der Waals surface area (Å²) in [6, 6.07) is 6.17. The minimum Gasteiger partial charge on any atom is -0.496 e. The zero-order valence-corrected chi connectivity index (χ0v) is 11.9. The van der Waals surface area contributed by atoms with E-state index in [9.17, 15) is 13.6 Å². The summed E-state index contributed by atoms with van der Waals surface area (Å²) in [6.45, 7) is 0.